The number of allylic oxidation sites excluding steroid dienone is 1. The predicted octanol–water partition coefficient (Wildman–Crippen LogP) is 1.01. The van der Waals surface area contributed by atoms with Gasteiger partial charge in [0.1, 0.15) is 5.82 Å². The van der Waals surface area contributed by atoms with Crippen molar-refractivity contribution in [2.45, 2.75) is 31.5 Å². The van der Waals surface area contributed by atoms with E-state index >= 15 is 0 Å². The first-order valence-corrected chi connectivity index (χ1v) is 7.08. The summed E-state index contributed by atoms with van der Waals surface area (Å²) in [5.41, 5.74) is 0. The molecule has 0 N–H and O–H groups in total. The van der Waals surface area contributed by atoms with Crippen molar-refractivity contribution in [3.05, 3.63) is 18.5 Å². The van der Waals surface area contributed by atoms with E-state index in [1.165, 1.54) is 16.7 Å². The van der Waals surface area contributed by atoms with Crippen molar-refractivity contribution < 1.29 is 9.59 Å². The zero-order valence-corrected chi connectivity index (χ0v) is 11.7. The number of aryl methyl sites for hydroxylation is 1. The molecule has 2 amide bonds. The van der Waals surface area contributed by atoms with Crippen molar-refractivity contribution in [1.82, 2.24) is 19.7 Å². The molecule has 0 aliphatic carbocycles. The fourth-order valence-corrected chi connectivity index (χ4v) is 2.83. The van der Waals surface area contributed by atoms with Crippen LogP contribution in [0.3, 0.4) is 0 Å². The van der Waals surface area contributed by atoms with Crippen molar-refractivity contribution in [2.24, 2.45) is 0 Å². The van der Waals surface area contributed by atoms with Crippen LogP contribution in [0.5, 0.6) is 0 Å². The minimum Gasteiger partial charge on any atom is -0.302 e. The van der Waals surface area contributed by atoms with Gasteiger partial charge in [0, 0.05) is 31.7 Å². The van der Waals surface area contributed by atoms with E-state index in [4.69, 9.17) is 0 Å². The second-order valence-corrected chi connectivity index (χ2v) is 5.28. The van der Waals surface area contributed by atoms with Gasteiger partial charge in [0.15, 0.2) is 5.16 Å². The summed E-state index contributed by atoms with van der Waals surface area (Å²) >= 11 is 1.49. The summed E-state index contributed by atoms with van der Waals surface area (Å²) in [7, 11) is 0. The van der Waals surface area contributed by atoms with E-state index in [9.17, 15) is 9.59 Å². The van der Waals surface area contributed by atoms with Crippen LogP contribution in [0.2, 0.25) is 0 Å². The number of likely N-dealkylation sites (tertiary alicyclic amines) is 1. The number of nitrogens with zero attached hydrogens (tertiary/aromatic N) is 4. The van der Waals surface area contributed by atoms with Crippen LogP contribution in [-0.4, -0.2) is 43.8 Å². The van der Waals surface area contributed by atoms with Gasteiger partial charge in [-0.1, -0.05) is 17.8 Å². The Balaban J connectivity index is 1.90. The summed E-state index contributed by atoms with van der Waals surface area (Å²) in [6.45, 7) is 6.67. The number of thioether (sulfide) groups is 1. The van der Waals surface area contributed by atoms with Gasteiger partial charge in [-0.05, 0) is 6.92 Å². The Morgan fingerprint density at radius 3 is 2.63 bits per heavy atom. The van der Waals surface area contributed by atoms with E-state index in [0.717, 1.165) is 11.0 Å². The van der Waals surface area contributed by atoms with Gasteiger partial charge in [-0.15, -0.1) is 16.8 Å². The second-order valence-electron chi connectivity index (χ2n) is 4.22. The van der Waals surface area contributed by atoms with Crippen LogP contribution >= 0.6 is 11.8 Å². The van der Waals surface area contributed by atoms with Crippen LogP contribution in [-0.2, 0) is 16.1 Å². The van der Waals surface area contributed by atoms with Crippen LogP contribution in [0.25, 0.3) is 0 Å². The van der Waals surface area contributed by atoms with E-state index in [0.29, 0.717) is 31.7 Å². The molecule has 0 radical (unpaired) electrons. The first kappa shape index (κ1) is 13.8. The number of carbonyl (C=O) groups is 2. The highest BCUT2D eigenvalue weighted by Gasteiger charge is 2.28. The van der Waals surface area contributed by atoms with Gasteiger partial charge in [0.05, 0.1) is 0 Å². The van der Waals surface area contributed by atoms with Crippen LogP contribution < -0.4 is 0 Å². The second kappa shape index (κ2) is 6.01. The smallest absolute Gasteiger partial charge is 0.229 e. The Labute approximate surface area is 115 Å². The first-order valence-electron chi connectivity index (χ1n) is 6.10. The highest BCUT2D eigenvalue weighted by Crippen LogP contribution is 2.19. The Morgan fingerprint density at radius 1 is 1.32 bits per heavy atom. The molecule has 1 aliphatic rings. The summed E-state index contributed by atoms with van der Waals surface area (Å²) in [4.78, 5) is 24.2. The first-order chi connectivity index (χ1) is 9.13. The molecule has 1 saturated heterocycles. The zero-order chi connectivity index (χ0) is 13.8. The Morgan fingerprint density at radius 2 is 2.00 bits per heavy atom. The topological polar surface area (TPSA) is 68.1 Å². The van der Waals surface area contributed by atoms with Crippen LogP contribution in [0, 0.1) is 6.92 Å². The predicted molar refractivity (Wildman–Crippen MR) is 71.6 cm³/mol. The lowest BCUT2D eigenvalue weighted by Gasteiger charge is -2.13. The SMILES string of the molecule is C=CCn1c(C)nnc1SCCN1C(=O)CCC1=O. The lowest BCUT2D eigenvalue weighted by molar-refractivity contribution is -0.137. The van der Waals surface area contributed by atoms with Crippen molar-refractivity contribution in [1.29, 1.82) is 0 Å². The third-order valence-electron chi connectivity index (χ3n) is 2.91. The number of imide groups is 1. The maximum Gasteiger partial charge on any atom is 0.229 e. The van der Waals surface area contributed by atoms with Crippen molar-refractivity contribution in [3.63, 3.8) is 0 Å². The van der Waals surface area contributed by atoms with E-state index in [-0.39, 0.29) is 11.8 Å². The molecule has 19 heavy (non-hydrogen) atoms. The molecule has 0 atom stereocenters. The molecule has 7 heteroatoms. The molecule has 2 rings (SSSR count). The van der Waals surface area contributed by atoms with Gasteiger partial charge in [-0.25, -0.2) is 0 Å². The molecule has 1 aliphatic heterocycles. The largest absolute Gasteiger partial charge is 0.302 e. The molecule has 0 unspecified atom stereocenters. The average molecular weight is 280 g/mol. The number of rotatable bonds is 6. The van der Waals surface area contributed by atoms with E-state index in [2.05, 4.69) is 16.8 Å². The van der Waals surface area contributed by atoms with Gasteiger partial charge < -0.3 is 4.57 Å². The Bertz CT molecular complexity index is 496. The highest BCUT2D eigenvalue weighted by molar-refractivity contribution is 7.99. The van der Waals surface area contributed by atoms with Gasteiger partial charge in [-0.2, -0.15) is 0 Å². The maximum absolute atomic E-state index is 11.5. The summed E-state index contributed by atoms with van der Waals surface area (Å²) in [6, 6.07) is 0. The number of hydrogen-bond acceptors (Lipinski definition) is 5. The molecule has 0 aromatic carbocycles. The summed E-state index contributed by atoms with van der Waals surface area (Å²) in [5.74, 6) is 1.31. The molecule has 0 bridgehead atoms. The number of hydrogen-bond donors (Lipinski definition) is 0. The average Bonchev–Trinajstić information content (AvgIpc) is 2.88. The van der Waals surface area contributed by atoms with Gasteiger partial charge >= 0.3 is 0 Å². The monoisotopic (exact) mass is 280 g/mol. The summed E-state index contributed by atoms with van der Waals surface area (Å²) < 4.78 is 1.95. The van der Waals surface area contributed by atoms with Gasteiger partial charge in [-0.3, -0.25) is 14.5 Å². The van der Waals surface area contributed by atoms with Crippen molar-refractivity contribution >= 4 is 23.6 Å². The van der Waals surface area contributed by atoms with E-state index < -0.39 is 0 Å². The lowest BCUT2D eigenvalue weighted by atomic mass is 10.4. The Kier molecular flexibility index (Phi) is 4.36. The van der Waals surface area contributed by atoms with Gasteiger partial charge in [0.25, 0.3) is 0 Å². The minimum absolute atomic E-state index is 0.0747. The normalized spacial score (nSPS) is 15.3. The van der Waals surface area contributed by atoms with Crippen LogP contribution in [0.15, 0.2) is 17.8 Å². The van der Waals surface area contributed by atoms with Crippen LogP contribution in [0.1, 0.15) is 18.7 Å². The van der Waals surface area contributed by atoms with Gasteiger partial charge in [0.2, 0.25) is 11.8 Å². The van der Waals surface area contributed by atoms with Crippen molar-refractivity contribution in [3.8, 4) is 0 Å². The molecule has 1 aromatic heterocycles. The maximum atomic E-state index is 11.5. The fraction of sp³-hybridized carbons (Fsp3) is 0.500. The molecular formula is C12H16N4O2S. The minimum atomic E-state index is -0.0747. The molecule has 2 heterocycles. The Hall–Kier alpha value is -1.63. The summed E-state index contributed by atoms with van der Waals surface area (Å²) in [5, 5.41) is 8.88. The third kappa shape index (κ3) is 3.04. The molecule has 102 valence electrons. The van der Waals surface area contributed by atoms with E-state index in [1.54, 1.807) is 6.08 Å². The lowest BCUT2D eigenvalue weighted by Crippen LogP contribution is -2.31. The standard InChI is InChI=1S/C12H16N4O2S/c1-3-6-15-9(2)13-14-12(15)19-8-7-16-10(17)4-5-11(16)18/h3H,1,4-8H2,2H3. The molecule has 6 nitrogen and oxygen atoms in total. The number of aromatic nitrogens is 3. The fourth-order valence-electron chi connectivity index (χ4n) is 1.91. The molecular weight excluding hydrogens is 264 g/mol. The molecule has 1 aromatic rings. The highest BCUT2D eigenvalue weighted by atomic mass is 32.2. The molecule has 1 fully saturated rings. The number of amides is 2. The van der Waals surface area contributed by atoms with E-state index in [1.807, 2.05) is 11.5 Å². The number of carbonyl (C=O) groups excluding carboxylic acids is 2. The van der Waals surface area contributed by atoms with Crippen LogP contribution in [0.4, 0.5) is 0 Å². The molecule has 0 saturated carbocycles. The summed E-state index contributed by atoms with van der Waals surface area (Å²) in [6.07, 6.45) is 2.47. The quantitative estimate of drug-likeness (QED) is 0.442. The van der Waals surface area contributed by atoms with Crippen molar-refractivity contribution in [2.75, 3.05) is 12.3 Å². The zero-order valence-electron chi connectivity index (χ0n) is 10.8. The third-order valence-corrected chi connectivity index (χ3v) is 3.86. The molecule has 0 spiro atoms.